The number of halogens is 5. The number of fused-ring (bicyclic) bond motifs is 2. The van der Waals surface area contributed by atoms with Crippen LogP contribution in [-0.4, -0.2) is 32.6 Å². The van der Waals surface area contributed by atoms with Crippen LogP contribution in [0.25, 0.3) is 16.8 Å². The molecule has 1 aliphatic heterocycles. The van der Waals surface area contributed by atoms with Gasteiger partial charge in [0.25, 0.3) is 5.91 Å². The van der Waals surface area contributed by atoms with Crippen molar-refractivity contribution in [2.24, 2.45) is 11.8 Å². The third-order valence-corrected chi connectivity index (χ3v) is 7.98. The average molecular weight is 572 g/mol. The Morgan fingerprint density at radius 2 is 1.93 bits per heavy atom. The van der Waals surface area contributed by atoms with Gasteiger partial charge in [0.2, 0.25) is 5.91 Å². The molecule has 3 atom stereocenters. The van der Waals surface area contributed by atoms with Crippen molar-refractivity contribution in [1.82, 2.24) is 19.9 Å². The molecule has 3 heterocycles. The summed E-state index contributed by atoms with van der Waals surface area (Å²) in [7, 11) is 0. The van der Waals surface area contributed by atoms with Gasteiger partial charge in [-0.05, 0) is 67.3 Å². The second kappa shape index (κ2) is 9.88. The highest BCUT2D eigenvalue weighted by atomic mass is 35.5. The third kappa shape index (κ3) is 4.78. The van der Waals surface area contributed by atoms with Crippen molar-refractivity contribution in [1.29, 1.82) is 0 Å². The molecule has 0 radical (unpaired) electrons. The normalized spacial score (nSPS) is 20.8. The van der Waals surface area contributed by atoms with E-state index in [1.165, 1.54) is 24.5 Å². The fraction of sp³-hybridized carbons (Fsp3) is 0.286. The highest BCUT2D eigenvalue weighted by molar-refractivity contribution is 6.31. The number of amides is 2. The molecule has 2 aromatic carbocycles. The lowest BCUT2D eigenvalue weighted by molar-refractivity contribution is -0.185. The van der Waals surface area contributed by atoms with Crippen LogP contribution in [-0.2, 0) is 4.79 Å². The van der Waals surface area contributed by atoms with Crippen molar-refractivity contribution in [2.45, 2.75) is 37.9 Å². The minimum absolute atomic E-state index is 0.0124. The van der Waals surface area contributed by atoms with Gasteiger partial charge in [-0.25, -0.2) is 13.9 Å². The van der Waals surface area contributed by atoms with Crippen molar-refractivity contribution in [2.75, 3.05) is 5.32 Å². The minimum atomic E-state index is -4.38. The number of hydrogen-bond acceptors (Lipinski definition) is 4. The largest absolute Gasteiger partial charge is 0.391 e. The number of nitrogens with one attached hydrogen (secondary N) is 2. The van der Waals surface area contributed by atoms with Gasteiger partial charge in [-0.3, -0.25) is 9.59 Å². The maximum absolute atomic E-state index is 14.2. The molecule has 2 aliphatic rings. The number of benzene rings is 2. The molecule has 1 aliphatic carbocycles. The SMILES string of the molecule is O=C1N[C@@H](c2cc(F)ccc2Cl)c2c(NC(=O)[C@H]3CCC[C@H](C(F)(F)F)C3)cc(-c3ccc4ncnn4c3)cc21. The molecule has 0 saturated heterocycles. The predicted molar refractivity (Wildman–Crippen MR) is 139 cm³/mol. The number of alkyl halides is 3. The molecule has 2 N–H and O–H groups in total. The molecule has 40 heavy (non-hydrogen) atoms. The van der Waals surface area contributed by atoms with Crippen molar-refractivity contribution in [3.8, 4) is 11.1 Å². The van der Waals surface area contributed by atoms with E-state index < -0.39 is 41.7 Å². The zero-order valence-electron chi connectivity index (χ0n) is 20.8. The van der Waals surface area contributed by atoms with Crippen molar-refractivity contribution < 1.29 is 27.2 Å². The van der Waals surface area contributed by atoms with Crippen LogP contribution in [0.2, 0.25) is 5.02 Å². The Morgan fingerprint density at radius 1 is 1.10 bits per heavy atom. The van der Waals surface area contributed by atoms with Crippen LogP contribution < -0.4 is 10.6 Å². The lowest BCUT2D eigenvalue weighted by Gasteiger charge is -2.30. The number of nitrogens with zero attached hydrogens (tertiary/aromatic N) is 3. The number of rotatable bonds is 4. The summed E-state index contributed by atoms with van der Waals surface area (Å²) in [5, 5.41) is 9.96. The summed E-state index contributed by atoms with van der Waals surface area (Å²) in [5.74, 6) is -4.00. The fourth-order valence-corrected chi connectivity index (χ4v) is 5.85. The van der Waals surface area contributed by atoms with Gasteiger partial charge in [-0.15, -0.1) is 0 Å². The second-order valence-corrected chi connectivity index (χ2v) is 10.5. The summed E-state index contributed by atoms with van der Waals surface area (Å²) in [6, 6.07) is 9.69. The molecule has 4 aromatic rings. The molecule has 6 rings (SSSR count). The molecule has 1 fully saturated rings. The van der Waals surface area contributed by atoms with Crippen LogP contribution in [0, 0.1) is 17.7 Å². The number of hydrogen-bond donors (Lipinski definition) is 2. The Balaban J connectivity index is 1.44. The Hall–Kier alpha value is -3.99. The lowest BCUT2D eigenvalue weighted by atomic mass is 9.80. The predicted octanol–water partition coefficient (Wildman–Crippen LogP) is 6.33. The Morgan fingerprint density at radius 3 is 2.73 bits per heavy atom. The van der Waals surface area contributed by atoms with Crippen LogP contribution in [0.4, 0.5) is 23.2 Å². The van der Waals surface area contributed by atoms with Crippen LogP contribution in [0.5, 0.6) is 0 Å². The first-order chi connectivity index (χ1) is 19.1. The van der Waals surface area contributed by atoms with Crippen LogP contribution in [0.15, 0.2) is 55.0 Å². The Kier molecular flexibility index (Phi) is 6.48. The third-order valence-electron chi connectivity index (χ3n) is 7.63. The molecule has 2 amide bonds. The zero-order chi connectivity index (χ0) is 28.2. The fourth-order valence-electron chi connectivity index (χ4n) is 5.62. The monoisotopic (exact) mass is 571 g/mol. The van der Waals surface area contributed by atoms with Crippen LogP contribution in [0.1, 0.15) is 53.2 Å². The summed E-state index contributed by atoms with van der Waals surface area (Å²) >= 11 is 6.37. The van der Waals surface area contributed by atoms with E-state index in [4.69, 9.17) is 11.6 Å². The molecular formula is C28H22ClF4N5O2. The quantitative estimate of drug-likeness (QED) is 0.280. The van der Waals surface area contributed by atoms with Gasteiger partial charge in [-0.2, -0.15) is 18.3 Å². The van der Waals surface area contributed by atoms with Gasteiger partial charge in [0.05, 0.1) is 12.0 Å². The molecule has 7 nitrogen and oxygen atoms in total. The van der Waals surface area contributed by atoms with E-state index in [9.17, 15) is 27.2 Å². The van der Waals surface area contributed by atoms with Crippen LogP contribution >= 0.6 is 11.6 Å². The summed E-state index contributed by atoms with van der Waals surface area (Å²) in [6.07, 6.45) is -1.00. The van der Waals surface area contributed by atoms with Gasteiger partial charge in [0, 0.05) is 45.1 Å². The molecule has 0 bridgehead atoms. The van der Waals surface area contributed by atoms with Crippen molar-refractivity contribution in [3.63, 3.8) is 0 Å². The zero-order valence-corrected chi connectivity index (χ0v) is 21.6. The first-order valence-electron chi connectivity index (χ1n) is 12.7. The highest BCUT2D eigenvalue weighted by Crippen LogP contribution is 2.43. The number of anilines is 1. The van der Waals surface area contributed by atoms with E-state index in [-0.39, 0.29) is 41.1 Å². The number of carbonyl (C=O) groups is 2. The molecular weight excluding hydrogens is 550 g/mol. The average Bonchev–Trinajstić information content (AvgIpc) is 3.53. The molecule has 2 aromatic heterocycles. The van der Waals surface area contributed by atoms with Gasteiger partial charge < -0.3 is 10.6 Å². The smallest absolute Gasteiger partial charge is 0.341 e. The summed E-state index contributed by atoms with van der Waals surface area (Å²) in [5.41, 5.74) is 2.93. The van der Waals surface area contributed by atoms with Crippen molar-refractivity contribution >= 4 is 34.7 Å². The summed E-state index contributed by atoms with van der Waals surface area (Å²) < 4.78 is 56.1. The van der Waals surface area contributed by atoms with E-state index in [1.807, 2.05) is 0 Å². The summed E-state index contributed by atoms with van der Waals surface area (Å²) in [6.45, 7) is 0. The standard InChI is InChI=1S/C28H22ClF4N5O2/c29-21-6-5-18(30)11-19(21)25-24-20(27(40)37-25)9-16(15-4-7-23-34-13-35-38(23)12-15)10-22(24)36-26(39)14-2-1-3-17(8-14)28(31,32)33/h4-7,9-14,17,25H,1-3,8H2,(H,36,39)(H,37,40)/t14-,17-,25-/m0/s1. The lowest BCUT2D eigenvalue weighted by Crippen LogP contribution is -2.34. The first kappa shape index (κ1) is 26.2. The Labute approximate surface area is 230 Å². The van der Waals surface area contributed by atoms with Gasteiger partial charge >= 0.3 is 6.18 Å². The number of pyridine rings is 1. The van der Waals surface area contributed by atoms with E-state index in [0.29, 0.717) is 28.8 Å². The number of carbonyl (C=O) groups excluding carboxylic acids is 2. The molecule has 0 spiro atoms. The minimum Gasteiger partial charge on any atom is -0.341 e. The maximum Gasteiger partial charge on any atom is 0.391 e. The van der Waals surface area contributed by atoms with E-state index >= 15 is 0 Å². The van der Waals surface area contributed by atoms with E-state index in [2.05, 4.69) is 20.7 Å². The van der Waals surface area contributed by atoms with Crippen LogP contribution in [0.3, 0.4) is 0 Å². The second-order valence-electron chi connectivity index (χ2n) is 10.1. The molecule has 0 unspecified atom stereocenters. The summed E-state index contributed by atoms with van der Waals surface area (Å²) in [4.78, 5) is 30.7. The molecule has 206 valence electrons. The number of aromatic nitrogens is 3. The Bertz CT molecular complexity index is 1650. The van der Waals surface area contributed by atoms with E-state index in [0.717, 1.165) is 0 Å². The van der Waals surface area contributed by atoms with E-state index in [1.54, 1.807) is 35.0 Å². The maximum atomic E-state index is 14.2. The van der Waals surface area contributed by atoms with Gasteiger partial charge in [-0.1, -0.05) is 18.0 Å². The topological polar surface area (TPSA) is 88.4 Å². The van der Waals surface area contributed by atoms with Crippen molar-refractivity contribution in [3.05, 3.63) is 82.5 Å². The van der Waals surface area contributed by atoms with Gasteiger partial charge in [0.1, 0.15) is 12.1 Å². The first-order valence-corrected chi connectivity index (χ1v) is 13.1. The van der Waals surface area contributed by atoms with Gasteiger partial charge in [0.15, 0.2) is 5.65 Å². The molecule has 1 saturated carbocycles. The molecule has 12 heteroatoms. The highest BCUT2D eigenvalue weighted by Gasteiger charge is 2.44.